The van der Waals surface area contributed by atoms with Crippen LogP contribution in [0.3, 0.4) is 0 Å². The van der Waals surface area contributed by atoms with Crippen LogP contribution in [0.1, 0.15) is 23.0 Å². The van der Waals surface area contributed by atoms with Crippen LogP contribution < -0.4 is 5.32 Å². The first-order valence-electron chi connectivity index (χ1n) is 5.69. The average molecular weight is 272 g/mol. The number of nitrogens with zero attached hydrogens (tertiary/aromatic N) is 1. The number of aromatic nitrogens is 1. The van der Waals surface area contributed by atoms with Gasteiger partial charge in [0.05, 0.1) is 12.1 Å². The maximum absolute atomic E-state index is 11.7. The van der Waals surface area contributed by atoms with Crippen molar-refractivity contribution in [1.82, 2.24) is 4.98 Å². The van der Waals surface area contributed by atoms with Gasteiger partial charge in [0.15, 0.2) is 5.69 Å². The van der Waals surface area contributed by atoms with Crippen molar-refractivity contribution < 1.29 is 9.53 Å². The van der Waals surface area contributed by atoms with Gasteiger partial charge in [0.2, 0.25) is 0 Å². The highest BCUT2D eigenvalue weighted by molar-refractivity contribution is 7.14. The monoisotopic (exact) mass is 272 g/mol. The SMILES string of the molecule is C#Cc1cccc(Nc2scnc2C(=O)OCC)c1. The van der Waals surface area contributed by atoms with Crippen LogP contribution in [0.25, 0.3) is 0 Å². The van der Waals surface area contributed by atoms with E-state index >= 15 is 0 Å². The second-order valence-corrected chi connectivity index (χ2v) is 4.46. The normalized spacial score (nSPS) is 9.68. The molecule has 0 aliphatic heterocycles. The fourth-order valence-electron chi connectivity index (χ4n) is 1.50. The molecular formula is C14H12N2O2S. The first-order valence-corrected chi connectivity index (χ1v) is 6.57. The summed E-state index contributed by atoms with van der Waals surface area (Å²) in [5.74, 6) is 2.13. The molecule has 96 valence electrons. The molecule has 0 fully saturated rings. The number of rotatable bonds is 4. The Labute approximate surface area is 115 Å². The third kappa shape index (κ3) is 3.12. The number of esters is 1. The highest BCUT2D eigenvalue weighted by Gasteiger charge is 2.16. The number of hydrogen-bond acceptors (Lipinski definition) is 5. The highest BCUT2D eigenvalue weighted by Crippen LogP contribution is 2.25. The molecule has 2 aromatic rings. The molecule has 0 saturated carbocycles. The van der Waals surface area contributed by atoms with Crippen molar-refractivity contribution in [3.8, 4) is 12.3 Å². The Kier molecular flexibility index (Phi) is 4.16. The predicted molar refractivity (Wildman–Crippen MR) is 75.7 cm³/mol. The van der Waals surface area contributed by atoms with Crippen LogP contribution in [0.2, 0.25) is 0 Å². The first-order chi connectivity index (χ1) is 9.24. The lowest BCUT2D eigenvalue weighted by molar-refractivity contribution is 0.0521. The molecule has 0 bridgehead atoms. The molecule has 0 amide bonds. The minimum Gasteiger partial charge on any atom is -0.461 e. The Morgan fingerprint density at radius 3 is 3.16 bits per heavy atom. The molecule has 0 unspecified atom stereocenters. The molecule has 0 saturated heterocycles. The summed E-state index contributed by atoms with van der Waals surface area (Å²) in [7, 11) is 0. The van der Waals surface area contributed by atoms with Crippen molar-refractivity contribution in [1.29, 1.82) is 0 Å². The second-order valence-electron chi connectivity index (χ2n) is 3.60. The minimum absolute atomic E-state index is 0.290. The number of terminal acetylenes is 1. The fraction of sp³-hybridized carbons (Fsp3) is 0.143. The van der Waals surface area contributed by atoms with E-state index in [0.29, 0.717) is 11.6 Å². The van der Waals surface area contributed by atoms with Crippen LogP contribution in [-0.4, -0.2) is 17.6 Å². The summed E-state index contributed by atoms with van der Waals surface area (Å²) in [6.45, 7) is 2.08. The molecule has 1 aromatic heterocycles. The van der Waals surface area contributed by atoms with E-state index in [-0.39, 0.29) is 5.69 Å². The van der Waals surface area contributed by atoms with Crippen molar-refractivity contribution in [2.45, 2.75) is 6.92 Å². The number of carbonyl (C=O) groups is 1. The largest absolute Gasteiger partial charge is 0.461 e. The summed E-state index contributed by atoms with van der Waals surface area (Å²) >= 11 is 1.34. The van der Waals surface area contributed by atoms with Crippen LogP contribution in [0.5, 0.6) is 0 Å². The molecule has 1 heterocycles. The van der Waals surface area contributed by atoms with Gasteiger partial charge in [0.1, 0.15) is 5.00 Å². The van der Waals surface area contributed by atoms with E-state index in [1.807, 2.05) is 24.3 Å². The van der Waals surface area contributed by atoms with E-state index in [2.05, 4.69) is 16.2 Å². The molecule has 5 heteroatoms. The van der Waals surface area contributed by atoms with E-state index in [1.54, 1.807) is 12.4 Å². The van der Waals surface area contributed by atoms with Crippen LogP contribution in [0.15, 0.2) is 29.8 Å². The standard InChI is InChI=1S/C14H12N2O2S/c1-3-10-6-5-7-11(8-10)16-13-12(15-9-19-13)14(17)18-4-2/h1,5-9,16H,4H2,2H3. The van der Waals surface area contributed by atoms with Crippen molar-refractivity contribution >= 4 is 28.0 Å². The van der Waals surface area contributed by atoms with Gasteiger partial charge < -0.3 is 10.1 Å². The molecule has 0 spiro atoms. The van der Waals surface area contributed by atoms with Gasteiger partial charge in [-0.05, 0) is 25.1 Å². The summed E-state index contributed by atoms with van der Waals surface area (Å²) in [5.41, 5.74) is 3.47. The van der Waals surface area contributed by atoms with Crippen LogP contribution >= 0.6 is 11.3 Å². The maximum Gasteiger partial charge on any atom is 0.360 e. The lowest BCUT2D eigenvalue weighted by Gasteiger charge is -2.06. The zero-order chi connectivity index (χ0) is 13.7. The number of nitrogens with one attached hydrogen (secondary N) is 1. The number of carbonyl (C=O) groups excluding carboxylic acids is 1. The van der Waals surface area contributed by atoms with Gasteiger partial charge >= 0.3 is 5.97 Å². The Morgan fingerprint density at radius 2 is 2.42 bits per heavy atom. The Hall–Kier alpha value is -2.32. The lowest BCUT2D eigenvalue weighted by Crippen LogP contribution is -2.07. The number of hydrogen-bond donors (Lipinski definition) is 1. The summed E-state index contributed by atoms with van der Waals surface area (Å²) in [6.07, 6.45) is 5.35. The smallest absolute Gasteiger partial charge is 0.360 e. The van der Waals surface area contributed by atoms with E-state index < -0.39 is 5.97 Å². The van der Waals surface area contributed by atoms with Crippen molar-refractivity contribution in [2.75, 3.05) is 11.9 Å². The summed E-state index contributed by atoms with van der Waals surface area (Å²) < 4.78 is 4.94. The van der Waals surface area contributed by atoms with E-state index in [9.17, 15) is 4.79 Å². The van der Waals surface area contributed by atoms with Crippen molar-refractivity contribution in [3.05, 3.63) is 41.0 Å². The zero-order valence-electron chi connectivity index (χ0n) is 10.3. The van der Waals surface area contributed by atoms with Crippen LogP contribution in [0, 0.1) is 12.3 Å². The molecular weight excluding hydrogens is 260 g/mol. The summed E-state index contributed by atoms with van der Waals surface area (Å²) in [4.78, 5) is 15.7. The maximum atomic E-state index is 11.7. The molecule has 2 rings (SSSR count). The Balaban J connectivity index is 2.22. The lowest BCUT2D eigenvalue weighted by atomic mass is 10.2. The molecule has 19 heavy (non-hydrogen) atoms. The van der Waals surface area contributed by atoms with Gasteiger partial charge in [0, 0.05) is 11.3 Å². The topological polar surface area (TPSA) is 51.2 Å². The number of ether oxygens (including phenoxy) is 1. The van der Waals surface area contributed by atoms with E-state index in [1.165, 1.54) is 11.3 Å². The van der Waals surface area contributed by atoms with Gasteiger partial charge in [-0.1, -0.05) is 12.0 Å². The van der Waals surface area contributed by atoms with Gasteiger partial charge in [-0.25, -0.2) is 9.78 Å². The molecule has 1 aromatic carbocycles. The average Bonchev–Trinajstić information content (AvgIpc) is 2.87. The molecule has 0 atom stereocenters. The number of benzene rings is 1. The Morgan fingerprint density at radius 1 is 1.58 bits per heavy atom. The first kappa shape index (κ1) is 13.1. The van der Waals surface area contributed by atoms with Gasteiger partial charge in [-0.15, -0.1) is 17.8 Å². The molecule has 1 N–H and O–H groups in total. The Bertz CT molecular complexity index is 628. The third-order valence-corrected chi connectivity index (χ3v) is 3.07. The molecule has 0 radical (unpaired) electrons. The van der Waals surface area contributed by atoms with Crippen LogP contribution in [0.4, 0.5) is 10.7 Å². The third-order valence-electron chi connectivity index (χ3n) is 2.32. The van der Waals surface area contributed by atoms with Gasteiger partial charge in [-0.3, -0.25) is 0 Å². The quantitative estimate of drug-likeness (QED) is 0.686. The molecule has 4 nitrogen and oxygen atoms in total. The van der Waals surface area contributed by atoms with Gasteiger partial charge in [0.25, 0.3) is 0 Å². The second kappa shape index (κ2) is 6.03. The van der Waals surface area contributed by atoms with Crippen LogP contribution in [-0.2, 0) is 4.74 Å². The molecule has 0 aliphatic rings. The molecule has 0 aliphatic carbocycles. The minimum atomic E-state index is -0.431. The number of anilines is 2. The van der Waals surface area contributed by atoms with E-state index in [4.69, 9.17) is 11.2 Å². The zero-order valence-corrected chi connectivity index (χ0v) is 11.2. The predicted octanol–water partition coefficient (Wildman–Crippen LogP) is 3.04. The number of thiazole rings is 1. The highest BCUT2D eigenvalue weighted by atomic mass is 32.1. The van der Waals surface area contributed by atoms with Crippen molar-refractivity contribution in [2.24, 2.45) is 0 Å². The fourth-order valence-corrected chi connectivity index (χ4v) is 2.19. The summed E-state index contributed by atoms with van der Waals surface area (Å²) in [5, 5.41) is 3.77. The summed E-state index contributed by atoms with van der Waals surface area (Å²) in [6, 6.07) is 7.39. The van der Waals surface area contributed by atoms with E-state index in [0.717, 1.165) is 11.3 Å². The van der Waals surface area contributed by atoms with Gasteiger partial charge in [-0.2, -0.15) is 0 Å². The van der Waals surface area contributed by atoms with Crippen molar-refractivity contribution in [3.63, 3.8) is 0 Å².